The number of rotatable bonds is 10. The van der Waals surface area contributed by atoms with E-state index in [4.69, 9.17) is 32.7 Å². The van der Waals surface area contributed by atoms with E-state index in [1.807, 2.05) is 0 Å². The second kappa shape index (κ2) is 12.5. The first-order valence-electron chi connectivity index (χ1n) is 9.27. The fourth-order valence-electron chi connectivity index (χ4n) is 2.34. The van der Waals surface area contributed by atoms with E-state index in [-0.39, 0.29) is 36.4 Å². The van der Waals surface area contributed by atoms with Crippen LogP contribution >= 0.6 is 23.2 Å². The van der Waals surface area contributed by atoms with Crippen molar-refractivity contribution < 1.29 is 28.6 Å². The molecule has 0 spiro atoms. The predicted octanol–water partition coefficient (Wildman–Crippen LogP) is 2.82. The lowest BCUT2D eigenvalue weighted by Gasteiger charge is -2.10. The van der Waals surface area contributed by atoms with Gasteiger partial charge in [-0.15, -0.1) is 0 Å². The minimum atomic E-state index is -0.520. The van der Waals surface area contributed by atoms with Gasteiger partial charge in [-0.3, -0.25) is 9.59 Å². The van der Waals surface area contributed by atoms with Crippen molar-refractivity contribution in [2.24, 2.45) is 5.10 Å². The molecule has 2 rings (SSSR count). The minimum Gasteiger partial charge on any atom is -0.493 e. The number of hydrogen-bond donors (Lipinski definition) is 2. The Labute approximate surface area is 194 Å². The second-order valence-corrected chi connectivity index (χ2v) is 7.02. The number of ether oxygens (including phenoxy) is 3. The summed E-state index contributed by atoms with van der Waals surface area (Å²) in [5.41, 5.74) is 3.33. The number of nitrogens with one attached hydrogen (secondary N) is 2. The zero-order valence-electron chi connectivity index (χ0n) is 17.3. The first kappa shape index (κ1) is 25.0. The summed E-state index contributed by atoms with van der Waals surface area (Å²) < 4.78 is 15.1. The molecule has 2 amide bonds. The van der Waals surface area contributed by atoms with Crippen LogP contribution in [0.15, 0.2) is 41.5 Å². The average Bonchev–Trinajstić information content (AvgIpc) is 2.79. The predicted molar refractivity (Wildman–Crippen MR) is 120 cm³/mol. The zero-order valence-corrected chi connectivity index (χ0v) is 18.8. The molecule has 2 aromatic carbocycles. The lowest BCUT2D eigenvalue weighted by Crippen LogP contribution is -2.29. The highest BCUT2D eigenvalue weighted by atomic mass is 35.5. The number of hydrogen-bond acceptors (Lipinski definition) is 7. The van der Waals surface area contributed by atoms with E-state index in [0.29, 0.717) is 27.6 Å². The van der Waals surface area contributed by atoms with Crippen molar-refractivity contribution in [2.75, 3.05) is 27.4 Å². The average molecular weight is 482 g/mol. The SMILES string of the molecule is COC(=O)COc1ccc(C=NNC(=O)CCNC(=O)c2ccc(Cl)c(Cl)c2)cc1OC. The van der Waals surface area contributed by atoms with Crippen LogP contribution in [-0.2, 0) is 14.3 Å². The molecule has 0 atom stereocenters. The number of carbonyl (C=O) groups excluding carboxylic acids is 3. The Bertz CT molecular complexity index is 1010. The van der Waals surface area contributed by atoms with Crippen LogP contribution in [0.25, 0.3) is 0 Å². The standard InChI is InChI=1S/C21H21Cl2N3O6/c1-30-18-9-13(3-6-17(18)32-12-20(28)31-2)11-25-26-19(27)7-8-24-21(29)14-4-5-15(22)16(23)10-14/h3-6,9-11H,7-8,12H2,1-2H3,(H,24,29)(H,26,27). The van der Waals surface area contributed by atoms with E-state index in [1.54, 1.807) is 18.2 Å². The van der Waals surface area contributed by atoms with Crippen molar-refractivity contribution in [3.8, 4) is 11.5 Å². The molecule has 0 saturated carbocycles. The van der Waals surface area contributed by atoms with Gasteiger partial charge in [-0.05, 0) is 42.0 Å². The zero-order chi connectivity index (χ0) is 23.5. The van der Waals surface area contributed by atoms with Gasteiger partial charge in [-0.2, -0.15) is 5.10 Å². The van der Waals surface area contributed by atoms with Crippen molar-refractivity contribution in [3.05, 3.63) is 57.6 Å². The first-order chi connectivity index (χ1) is 15.3. The number of halogens is 2. The monoisotopic (exact) mass is 481 g/mol. The molecule has 170 valence electrons. The highest BCUT2D eigenvalue weighted by Crippen LogP contribution is 2.27. The Kier molecular flexibility index (Phi) is 9.77. The third-order valence-electron chi connectivity index (χ3n) is 3.98. The van der Waals surface area contributed by atoms with Gasteiger partial charge in [-0.1, -0.05) is 23.2 Å². The molecule has 2 aromatic rings. The largest absolute Gasteiger partial charge is 0.493 e. The smallest absolute Gasteiger partial charge is 0.343 e. The molecule has 32 heavy (non-hydrogen) atoms. The number of hydrazone groups is 1. The molecule has 0 bridgehead atoms. The van der Waals surface area contributed by atoms with Gasteiger partial charge in [-0.25, -0.2) is 10.2 Å². The third-order valence-corrected chi connectivity index (χ3v) is 4.72. The molecule has 0 aliphatic rings. The van der Waals surface area contributed by atoms with E-state index in [0.717, 1.165) is 0 Å². The molecule has 0 fully saturated rings. The van der Waals surface area contributed by atoms with Crippen molar-refractivity contribution in [1.29, 1.82) is 0 Å². The van der Waals surface area contributed by atoms with Crippen LogP contribution < -0.4 is 20.2 Å². The number of methoxy groups -OCH3 is 2. The molecule has 0 radical (unpaired) electrons. The van der Waals surface area contributed by atoms with Gasteiger partial charge in [0.1, 0.15) is 0 Å². The summed E-state index contributed by atoms with van der Waals surface area (Å²) in [5, 5.41) is 7.10. The van der Waals surface area contributed by atoms with E-state index in [2.05, 4.69) is 20.6 Å². The van der Waals surface area contributed by atoms with Crippen molar-refractivity contribution in [2.45, 2.75) is 6.42 Å². The topological polar surface area (TPSA) is 115 Å². The first-order valence-corrected chi connectivity index (χ1v) is 10.0. The van der Waals surface area contributed by atoms with Crippen LogP contribution in [0.2, 0.25) is 10.0 Å². The minimum absolute atomic E-state index is 0.0219. The van der Waals surface area contributed by atoms with Gasteiger partial charge in [0.2, 0.25) is 5.91 Å². The number of benzene rings is 2. The molecule has 2 N–H and O–H groups in total. The maximum absolute atomic E-state index is 12.1. The molecular weight excluding hydrogens is 461 g/mol. The van der Waals surface area contributed by atoms with Crippen molar-refractivity contribution in [1.82, 2.24) is 10.7 Å². The quantitative estimate of drug-likeness (QED) is 0.306. The van der Waals surface area contributed by atoms with E-state index in [9.17, 15) is 14.4 Å². The van der Waals surface area contributed by atoms with E-state index < -0.39 is 5.97 Å². The van der Waals surface area contributed by atoms with Crippen molar-refractivity contribution in [3.63, 3.8) is 0 Å². The van der Waals surface area contributed by atoms with E-state index in [1.165, 1.54) is 38.6 Å². The van der Waals surface area contributed by atoms with Gasteiger partial charge in [0.15, 0.2) is 18.1 Å². The summed E-state index contributed by atoms with van der Waals surface area (Å²) in [6, 6.07) is 9.40. The molecule has 0 heterocycles. The molecule has 11 heteroatoms. The summed E-state index contributed by atoms with van der Waals surface area (Å²) in [6.07, 6.45) is 1.44. The van der Waals surface area contributed by atoms with Gasteiger partial charge in [0.25, 0.3) is 5.91 Å². The third kappa shape index (κ3) is 7.75. The fraction of sp³-hybridized carbons (Fsp3) is 0.238. The molecule has 0 unspecified atom stereocenters. The number of esters is 1. The lowest BCUT2D eigenvalue weighted by molar-refractivity contribution is -0.142. The number of carbonyl (C=O) groups is 3. The molecule has 0 aromatic heterocycles. The van der Waals surface area contributed by atoms with Gasteiger partial charge in [0.05, 0.1) is 30.5 Å². The van der Waals surface area contributed by atoms with Gasteiger partial charge in [0, 0.05) is 18.5 Å². The molecule has 0 aliphatic carbocycles. The Morgan fingerprint density at radius 3 is 2.50 bits per heavy atom. The Hall–Kier alpha value is -3.30. The fourth-order valence-corrected chi connectivity index (χ4v) is 2.64. The van der Waals surface area contributed by atoms with Gasteiger partial charge < -0.3 is 19.5 Å². The van der Waals surface area contributed by atoms with Crippen LogP contribution in [0.3, 0.4) is 0 Å². The summed E-state index contributed by atoms with van der Waals surface area (Å²) in [5.74, 6) is -0.540. The van der Waals surface area contributed by atoms with Crippen LogP contribution in [0, 0.1) is 0 Å². The van der Waals surface area contributed by atoms with Crippen molar-refractivity contribution >= 4 is 47.2 Å². The summed E-state index contributed by atoms with van der Waals surface area (Å²) >= 11 is 11.7. The van der Waals surface area contributed by atoms with Crippen LogP contribution in [-0.4, -0.2) is 51.4 Å². The highest BCUT2D eigenvalue weighted by molar-refractivity contribution is 6.42. The maximum Gasteiger partial charge on any atom is 0.343 e. The maximum atomic E-state index is 12.1. The number of amides is 2. The Morgan fingerprint density at radius 2 is 1.81 bits per heavy atom. The van der Waals surface area contributed by atoms with Crippen LogP contribution in [0.1, 0.15) is 22.3 Å². The second-order valence-electron chi connectivity index (χ2n) is 6.20. The van der Waals surface area contributed by atoms with Gasteiger partial charge >= 0.3 is 5.97 Å². The summed E-state index contributed by atoms with van der Waals surface area (Å²) in [6.45, 7) is -0.140. The molecule has 0 aliphatic heterocycles. The van der Waals surface area contributed by atoms with Crippen LogP contribution in [0.5, 0.6) is 11.5 Å². The molecule has 9 nitrogen and oxygen atoms in total. The van der Waals surface area contributed by atoms with E-state index >= 15 is 0 Å². The summed E-state index contributed by atoms with van der Waals surface area (Å²) in [7, 11) is 2.72. The number of nitrogens with zero attached hydrogens (tertiary/aromatic N) is 1. The lowest BCUT2D eigenvalue weighted by atomic mass is 10.2. The Morgan fingerprint density at radius 1 is 1.03 bits per heavy atom. The normalized spacial score (nSPS) is 10.5. The Balaban J connectivity index is 1.80. The molecular formula is C21H21Cl2N3O6. The molecule has 0 saturated heterocycles. The summed E-state index contributed by atoms with van der Waals surface area (Å²) in [4.78, 5) is 35.1. The highest BCUT2D eigenvalue weighted by Gasteiger charge is 2.10. The van der Waals surface area contributed by atoms with Crippen LogP contribution in [0.4, 0.5) is 0 Å².